The molecule has 0 radical (unpaired) electrons. The number of hydrogen-bond donors (Lipinski definition) is 1. The third-order valence-corrected chi connectivity index (χ3v) is 5.63. The highest BCUT2D eigenvalue weighted by Gasteiger charge is 2.50. The number of carbonyl (C=O) groups excluding carboxylic acids is 4. The van der Waals surface area contributed by atoms with Crippen molar-refractivity contribution in [2.45, 2.75) is 58.3 Å². The summed E-state index contributed by atoms with van der Waals surface area (Å²) < 4.78 is 21.5. The van der Waals surface area contributed by atoms with Crippen molar-refractivity contribution in [2.24, 2.45) is 11.8 Å². The Kier molecular flexibility index (Phi) is 8.77. The molecule has 1 fully saturated rings. The van der Waals surface area contributed by atoms with E-state index in [2.05, 4.69) is 6.58 Å². The van der Waals surface area contributed by atoms with Gasteiger partial charge in [0, 0.05) is 12.5 Å². The van der Waals surface area contributed by atoms with Crippen molar-refractivity contribution in [2.75, 3.05) is 13.7 Å². The molecule has 1 heterocycles. The van der Waals surface area contributed by atoms with E-state index in [1.807, 2.05) is 6.92 Å². The molecule has 0 amide bonds. The van der Waals surface area contributed by atoms with E-state index < -0.39 is 54.0 Å². The Labute approximate surface area is 187 Å². The van der Waals surface area contributed by atoms with Gasteiger partial charge < -0.3 is 24.1 Å². The summed E-state index contributed by atoms with van der Waals surface area (Å²) >= 11 is 0. The standard InChI is InChI=1S/C23H30O9/c1-6-12(2)21(26)32-20-18-13(3)22(27)31-17(18)10-15(11-24)8-7-9-16(23(28)29-5)19(20)30-14(4)25/h9-10,12,17-20,24H,3,6-8,11H2,1-2,4-5H3/b15-10-,16-9-/t12-,17-,18+,19+,20-/m0/s1. The number of ether oxygens (including phenoxy) is 4. The van der Waals surface area contributed by atoms with Crippen LogP contribution < -0.4 is 0 Å². The molecule has 0 aromatic heterocycles. The van der Waals surface area contributed by atoms with Crippen LogP contribution in [0, 0.1) is 11.8 Å². The van der Waals surface area contributed by atoms with Gasteiger partial charge in [-0.1, -0.05) is 26.5 Å². The summed E-state index contributed by atoms with van der Waals surface area (Å²) in [5.41, 5.74) is 0.545. The predicted octanol–water partition coefficient (Wildman–Crippen LogP) is 1.79. The first-order valence-corrected chi connectivity index (χ1v) is 10.5. The van der Waals surface area contributed by atoms with E-state index in [9.17, 15) is 24.3 Å². The molecule has 1 aliphatic heterocycles. The molecule has 32 heavy (non-hydrogen) atoms. The highest BCUT2D eigenvalue weighted by Crippen LogP contribution is 2.38. The maximum absolute atomic E-state index is 12.8. The van der Waals surface area contributed by atoms with Crippen molar-refractivity contribution < 1.29 is 43.2 Å². The van der Waals surface area contributed by atoms with Crippen LogP contribution in [0.25, 0.3) is 0 Å². The van der Waals surface area contributed by atoms with Crippen molar-refractivity contribution in [3.63, 3.8) is 0 Å². The van der Waals surface area contributed by atoms with Crippen LogP contribution in [0.5, 0.6) is 0 Å². The summed E-state index contributed by atoms with van der Waals surface area (Å²) in [5.74, 6) is -4.22. The second kappa shape index (κ2) is 11.1. The molecule has 0 aromatic carbocycles. The van der Waals surface area contributed by atoms with Crippen LogP contribution in [0.4, 0.5) is 0 Å². The van der Waals surface area contributed by atoms with Crippen molar-refractivity contribution in [3.8, 4) is 0 Å². The smallest absolute Gasteiger partial charge is 0.337 e. The Bertz CT molecular complexity index is 838. The second-order valence-corrected chi connectivity index (χ2v) is 7.83. The van der Waals surface area contributed by atoms with Crippen LogP contribution in [0.3, 0.4) is 0 Å². The highest BCUT2D eigenvalue weighted by molar-refractivity contribution is 5.92. The minimum atomic E-state index is -1.35. The molecule has 0 aromatic rings. The molecule has 0 unspecified atom stereocenters. The molecule has 1 saturated heterocycles. The van der Waals surface area contributed by atoms with Gasteiger partial charge in [-0.05, 0) is 30.9 Å². The third kappa shape index (κ3) is 5.64. The average Bonchev–Trinajstić information content (AvgIpc) is 3.04. The molecule has 2 aliphatic rings. The number of fused-ring (bicyclic) bond motifs is 1. The predicted molar refractivity (Wildman–Crippen MR) is 112 cm³/mol. The molecule has 0 bridgehead atoms. The van der Waals surface area contributed by atoms with E-state index in [-0.39, 0.29) is 17.8 Å². The molecule has 0 saturated carbocycles. The third-order valence-electron chi connectivity index (χ3n) is 5.63. The lowest BCUT2D eigenvalue weighted by Crippen LogP contribution is -2.46. The van der Waals surface area contributed by atoms with Crippen molar-refractivity contribution in [1.82, 2.24) is 0 Å². The van der Waals surface area contributed by atoms with Crippen molar-refractivity contribution in [1.29, 1.82) is 0 Å². The molecule has 0 spiro atoms. The molecule has 1 N–H and O–H groups in total. The van der Waals surface area contributed by atoms with Gasteiger partial charge in [-0.15, -0.1) is 0 Å². The summed E-state index contributed by atoms with van der Waals surface area (Å²) in [5, 5.41) is 9.73. The Hall–Kier alpha value is -2.94. The van der Waals surface area contributed by atoms with Crippen LogP contribution in [0.1, 0.15) is 40.0 Å². The van der Waals surface area contributed by atoms with Crippen molar-refractivity contribution >= 4 is 23.9 Å². The summed E-state index contributed by atoms with van der Waals surface area (Å²) in [7, 11) is 1.18. The van der Waals surface area contributed by atoms with Gasteiger partial charge >= 0.3 is 23.9 Å². The fraction of sp³-hybridized carbons (Fsp3) is 0.565. The molecule has 5 atom stereocenters. The van der Waals surface area contributed by atoms with Gasteiger partial charge in [0.1, 0.15) is 6.10 Å². The van der Waals surface area contributed by atoms with Crippen LogP contribution in [-0.2, 0) is 38.1 Å². The van der Waals surface area contributed by atoms with Crippen LogP contribution >= 0.6 is 0 Å². The number of aliphatic hydroxyl groups is 1. The van der Waals surface area contributed by atoms with Gasteiger partial charge in [0.25, 0.3) is 0 Å². The maximum Gasteiger partial charge on any atom is 0.337 e. The van der Waals surface area contributed by atoms with Gasteiger partial charge in [0.2, 0.25) is 0 Å². The molecular weight excluding hydrogens is 420 g/mol. The second-order valence-electron chi connectivity index (χ2n) is 7.83. The average molecular weight is 450 g/mol. The first kappa shape index (κ1) is 25.3. The van der Waals surface area contributed by atoms with Crippen LogP contribution in [0.2, 0.25) is 0 Å². The Balaban J connectivity index is 2.70. The lowest BCUT2D eigenvalue weighted by atomic mass is 9.83. The van der Waals surface area contributed by atoms with E-state index in [0.717, 1.165) is 6.92 Å². The topological polar surface area (TPSA) is 125 Å². The first-order chi connectivity index (χ1) is 15.1. The summed E-state index contributed by atoms with van der Waals surface area (Å²) in [4.78, 5) is 49.7. The SMILES string of the molecule is C=C1C(=O)O[C@H]2/C=C(\CO)CC/C=C(\C(=O)OC)[C@@H](OC(C)=O)[C@@H](OC(=O)[C@@H](C)CC)[C@H]12. The van der Waals surface area contributed by atoms with E-state index in [1.54, 1.807) is 13.0 Å². The normalized spacial score (nSPS) is 29.9. The zero-order valence-electron chi connectivity index (χ0n) is 18.8. The fourth-order valence-corrected chi connectivity index (χ4v) is 3.65. The fourth-order valence-electron chi connectivity index (χ4n) is 3.65. The number of aliphatic hydroxyl groups excluding tert-OH is 1. The van der Waals surface area contributed by atoms with Gasteiger partial charge in [-0.25, -0.2) is 9.59 Å². The number of carbonyl (C=O) groups is 4. The summed E-state index contributed by atoms with van der Waals surface area (Å²) in [6.45, 7) is 8.14. The highest BCUT2D eigenvalue weighted by atomic mass is 16.6. The van der Waals surface area contributed by atoms with E-state index in [1.165, 1.54) is 13.2 Å². The van der Waals surface area contributed by atoms with Gasteiger partial charge in [0.15, 0.2) is 12.2 Å². The molecule has 2 rings (SSSR count). The zero-order chi connectivity index (χ0) is 24.0. The number of esters is 4. The quantitative estimate of drug-likeness (QED) is 0.279. The minimum absolute atomic E-state index is 0.00688. The van der Waals surface area contributed by atoms with E-state index in [4.69, 9.17) is 18.9 Å². The lowest BCUT2D eigenvalue weighted by Gasteiger charge is -2.34. The number of allylic oxidation sites excluding steroid dienone is 1. The summed E-state index contributed by atoms with van der Waals surface area (Å²) in [6, 6.07) is 0. The maximum atomic E-state index is 12.8. The molecule has 176 valence electrons. The van der Waals surface area contributed by atoms with Gasteiger partial charge in [-0.2, -0.15) is 0 Å². The number of hydrogen-bond acceptors (Lipinski definition) is 9. The van der Waals surface area contributed by atoms with Crippen LogP contribution in [-0.4, -0.2) is 61.0 Å². The molecule has 9 heteroatoms. The largest absolute Gasteiger partial charge is 0.466 e. The minimum Gasteiger partial charge on any atom is -0.466 e. The van der Waals surface area contributed by atoms with Crippen molar-refractivity contribution in [3.05, 3.63) is 35.5 Å². The number of methoxy groups -OCH3 is 1. The Morgan fingerprint density at radius 1 is 1.31 bits per heavy atom. The molecule has 1 aliphatic carbocycles. The lowest BCUT2D eigenvalue weighted by molar-refractivity contribution is -0.173. The van der Waals surface area contributed by atoms with Gasteiger partial charge in [0.05, 0.1) is 31.1 Å². The number of rotatable bonds is 6. The Morgan fingerprint density at radius 3 is 2.56 bits per heavy atom. The monoisotopic (exact) mass is 450 g/mol. The summed E-state index contributed by atoms with van der Waals surface area (Å²) in [6.07, 6.45) is 0.686. The van der Waals surface area contributed by atoms with E-state index in [0.29, 0.717) is 24.8 Å². The first-order valence-electron chi connectivity index (χ1n) is 10.5. The molecular formula is C23H30O9. The van der Waals surface area contributed by atoms with Crippen LogP contribution in [0.15, 0.2) is 35.5 Å². The zero-order valence-corrected chi connectivity index (χ0v) is 18.8. The Morgan fingerprint density at radius 2 is 2.00 bits per heavy atom. The van der Waals surface area contributed by atoms with E-state index >= 15 is 0 Å². The van der Waals surface area contributed by atoms with Gasteiger partial charge in [-0.3, -0.25) is 9.59 Å². The molecule has 9 nitrogen and oxygen atoms in total.